The van der Waals surface area contributed by atoms with Crippen molar-refractivity contribution in [1.82, 2.24) is 4.90 Å². The number of rotatable bonds is 4. The Bertz CT molecular complexity index is 562. The average molecular weight is 314 g/mol. The maximum atomic E-state index is 12.0. The predicted molar refractivity (Wildman–Crippen MR) is 75.4 cm³/mol. The fraction of sp³-hybridized carbons (Fsp3) is 0.429. The van der Waals surface area contributed by atoms with E-state index in [1.54, 1.807) is 18.2 Å². The Morgan fingerprint density at radius 3 is 2.81 bits per heavy atom. The number of ether oxygens (including phenoxy) is 1. The van der Waals surface area contributed by atoms with Gasteiger partial charge in [-0.25, -0.2) is 4.79 Å². The van der Waals surface area contributed by atoms with Gasteiger partial charge < -0.3 is 19.8 Å². The zero-order chi connectivity index (χ0) is 15.6. The van der Waals surface area contributed by atoms with Crippen LogP contribution >= 0.6 is 11.6 Å². The average Bonchev–Trinajstić information content (AvgIpc) is 2.82. The van der Waals surface area contributed by atoms with Crippen molar-refractivity contribution in [2.75, 3.05) is 13.2 Å². The number of likely N-dealkylation sites (tertiary alicyclic amines) is 1. The summed E-state index contributed by atoms with van der Waals surface area (Å²) in [6, 6.07) is 4.00. The van der Waals surface area contributed by atoms with Gasteiger partial charge in [0.1, 0.15) is 11.8 Å². The smallest absolute Gasteiger partial charge is 0.326 e. The number of carboxylic acids is 1. The summed E-state index contributed by atoms with van der Waals surface area (Å²) in [5.41, 5.74) is 0.821. The molecular weight excluding hydrogens is 298 g/mol. The number of aliphatic hydroxyl groups excluding tert-OH is 1. The summed E-state index contributed by atoms with van der Waals surface area (Å²) in [6.07, 6.45) is -0.769. The number of hydrogen-bond donors (Lipinski definition) is 2. The summed E-state index contributed by atoms with van der Waals surface area (Å²) in [5, 5.41) is 19.1. The van der Waals surface area contributed by atoms with Crippen molar-refractivity contribution in [2.24, 2.45) is 0 Å². The molecule has 1 fully saturated rings. The molecule has 0 aliphatic carbocycles. The number of carbonyl (C=O) groups excluding carboxylic acids is 1. The van der Waals surface area contributed by atoms with E-state index >= 15 is 0 Å². The molecule has 2 unspecified atom stereocenters. The first-order valence-corrected chi connectivity index (χ1v) is 6.85. The molecule has 7 heteroatoms. The minimum absolute atomic E-state index is 0.0127. The molecule has 1 aromatic carbocycles. The maximum Gasteiger partial charge on any atom is 0.326 e. The third-order valence-corrected chi connectivity index (χ3v) is 3.80. The summed E-state index contributed by atoms with van der Waals surface area (Å²) in [7, 11) is 0. The molecule has 0 spiro atoms. The molecule has 0 saturated carbocycles. The maximum absolute atomic E-state index is 12.0. The number of aliphatic carboxylic acids is 1. The Morgan fingerprint density at radius 1 is 1.48 bits per heavy atom. The number of benzene rings is 1. The first-order chi connectivity index (χ1) is 9.88. The van der Waals surface area contributed by atoms with E-state index in [1.807, 2.05) is 6.92 Å². The number of β-amino-alcohol motifs (C(OH)–C–C–N with tert-alkyl or cyclic N) is 1. The van der Waals surface area contributed by atoms with Crippen LogP contribution in [0.4, 0.5) is 0 Å². The highest BCUT2D eigenvalue weighted by atomic mass is 35.5. The van der Waals surface area contributed by atoms with Crippen LogP contribution < -0.4 is 4.74 Å². The number of carboxylic acid groups (broad SMARTS) is 1. The largest absolute Gasteiger partial charge is 0.484 e. The van der Waals surface area contributed by atoms with Crippen LogP contribution in [0.5, 0.6) is 5.75 Å². The topological polar surface area (TPSA) is 87.1 Å². The Labute approximate surface area is 126 Å². The second-order valence-corrected chi connectivity index (χ2v) is 5.40. The van der Waals surface area contributed by atoms with Crippen molar-refractivity contribution in [1.29, 1.82) is 0 Å². The van der Waals surface area contributed by atoms with Crippen molar-refractivity contribution in [2.45, 2.75) is 25.5 Å². The number of amides is 1. The normalized spacial score (nSPS) is 21.4. The van der Waals surface area contributed by atoms with E-state index < -0.39 is 24.0 Å². The lowest BCUT2D eigenvalue weighted by atomic mass is 10.2. The zero-order valence-electron chi connectivity index (χ0n) is 11.5. The molecular formula is C14H16ClNO5. The van der Waals surface area contributed by atoms with Crippen LogP contribution in [0.3, 0.4) is 0 Å². The van der Waals surface area contributed by atoms with E-state index in [-0.39, 0.29) is 19.6 Å². The molecule has 21 heavy (non-hydrogen) atoms. The van der Waals surface area contributed by atoms with Gasteiger partial charge in [0.2, 0.25) is 0 Å². The van der Waals surface area contributed by atoms with Crippen molar-refractivity contribution in [3.05, 3.63) is 28.8 Å². The van der Waals surface area contributed by atoms with Crippen LogP contribution in [0.2, 0.25) is 5.02 Å². The van der Waals surface area contributed by atoms with E-state index in [4.69, 9.17) is 21.4 Å². The van der Waals surface area contributed by atoms with E-state index in [0.717, 1.165) is 10.5 Å². The Balaban J connectivity index is 1.97. The number of nitrogens with zero attached hydrogens (tertiary/aromatic N) is 1. The van der Waals surface area contributed by atoms with Gasteiger partial charge in [-0.1, -0.05) is 11.6 Å². The first-order valence-electron chi connectivity index (χ1n) is 6.47. The van der Waals surface area contributed by atoms with Crippen LogP contribution in [0.25, 0.3) is 0 Å². The molecule has 0 bridgehead atoms. The second-order valence-electron chi connectivity index (χ2n) is 4.99. The number of carbonyl (C=O) groups is 2. The van der Waals surface area contributed by atoms with E-state index in [0.29, 0.717) is 10.8 Å². The molecule has 0 aromatic heterocycles. The van der Waals surface area contributed by atoms with Crippen LogP contribution in [0.1, 0.15) is 12.0 Å². The van der Waals surface area contributed by atoms with Crippen LogP contribution in [-0.2, 0) is 9.59 Å². The minimum atomic E-state index is -1.12. The van der Waals surface area contributed by atoms with Gasteiger partial charge in [0.05, 0.1) is 6.10 Å². The van der Waals surface area contributed by atoms with Crippen LogP contribution in [0.15, 0.2) is 18.2 Å². The summed E-state index contributed by atoms with van der Waals surface area (Å²) >= 11 is 5.89. The molecule has 114 valence electrons. The quantitative estimate of drug-likeness (QED) is 0.868. The third kappa shape index (κ3) is 3.65. The molecule has 1 amide bonds. The molecule has 1 heterocycles. The zero-order valence-corrected chi connectivity index (χ0v) is 12.2. The standard InChI is InChI=1S/C14H16ClNO5/c1-8-4-10(2-3-11(8)15)21-7-13(18)16-6-9(17)5-12(16)14(19)20/h2-4,9,12,17H,5-7H2,1H3,(H,19,20). The summed E-state index contributed by atoms with van der Waals surface area (Å²) in [6.45, 7) is 1.55. The van der Waals surface area contributed by atoms with Gasteiger partial charge in [0.15, 0.2) is 6.61 Å². The molecule has 1 aliphatic heterocycles. The van der Waals surface area contributed by atoms with Gasteiger partial charge in [0.25, 0.3) is 5.91 Å². The molecule has 1 aliphatic rings. The fourth-order valence-electron chi connectivity index (χ4n) is 2.26. The molecule has 2 rings (SSSR count). The predicted octanol–water partition coefficient (Wildman–Crippen LogP) is 1.07. The summed E-state index contributed by atoms with van der Waals surface area (Å²) in [4.78, 5) is 24.2. The minimum Gasteiger partial charge on any atom is -0.484 e. The molecule has 1 aromatic rings. The van der Waals surface area contributed by atoms with Crippen molar-refractivity contribution in [3.8, 4) is 5.75 Å². The number of halogens is 1. The van der Waals surface area contributed by atoms with E-state index in [1.165, 1.54) is 0 Å². The highest BCUT2D eigenvalue weighted by molar-refractivity contribution is 6.31. The summed E-state index contributed by atoms with van der Waals surface area (Å²) < 4.78 is 5.35. The number of hydrogen-bond acceptors (Lipinski definition) is 4. The van der Waals surface area contributed by atoms with Gasteiger partial charge >= 0.3 is 5.97 Å². The molecule has 2 atom stereocenters. The van der Waals surface area contributed by atoms with Crippen molar-refractivity contribution in [3.63, 3.8) is 0 Å². The first kappa shape index (κ1) is 15.6. The van der Waals surface area contributed by atoms with Crippen molar-refractivity contribution >= 4 is 23.5 Å². The third-order valence-electron chi connectivity index (χ3n) is 3.38. The Kier molecular flexibility index (Phi) is 4.69. The highest BCUT2D eigenvalue weighted by Gasteiger charge is 2.38. The highest BCUT2D eigenvalue weighted by Crippen LogP contribution is 2.22. The molecule has 2 N–H and O–H groups in total. The number of aliphatic hydroxyl groups is 1. The lowest BCUT2D eigenvalue weighted by Gasteiger charge is -2.21. The van der Waals surface area contributed by atoms with Crippen molar-refractivity contribution < 1.29 is 24.5 Å². The lowest BCUT2D eigenvalue weighted by molar-refractivity contribution is -0.148. The van der Waals surface area contributed by atoms with Gasteiger partial charge in [-0.2, -0.15) is 0 Å². The van der Waals surface area contributed by atoms with E-state index in [9.17, 15) is 14.7 Å². The van der Waals surface area contributed by atoms with Gasteiger partial charge in [0, 0.05) is 18.0 Å². The monoisotopic (exact) mass is 313 g/mol. The molecule has 0 radical (unpaired) electrons. The lowest BCUT2D eigenvalue weighted by Crippen LogP contribution is -2.42. The Morgan fingerprint density at radius 2 is 2.19 bits per heavy atom. The van der Waals surface area contributed by atoms with E-state index in [2.05, 4.69) is 0 Å². The molecule has 6 nitrogen and oxygen atoms in total. The molecule has 1 saturated heterocycles. The Hall–Kier alpha value is -1.79. The fourth-order valence-corrected chi connectivity index (χ4v) is 2.38. The second kappa shape index (κ2) is 6.32. The van der Waals surface area contributed by atoms with Crippen LogP contribution in [0, 0.1) is 6.92 Å². The summed E-state index contributed by atoms with van der Waals surface area (Å²) in [5.74, 6) is -1.11. The van der Waals surface area contributed by atoms with Crippen LogP contribution in [-0.4, -0.2) is 52.3 Å². The SMILES string of the molecule is Cc1cc(OCC(=O)N2CC(O)CC2C(=O)O)ccc1Cl. The van der Waals surface area contributed by atoms with Gasteiger partial charge in [-0.3, -0.25) is 4.79 Å². The van der Waals surface area contributed by atoms with Gasteiger partial charge in [-0.15, -0.1) is 0 Å². The van der Waals surface area contributed by atoms with Gasteiger partial charge in [-0.05, 0) is 30.7 Å². The number of aryl methyl sites for hydroxylation is 1.